The molecular weight excluding hydrogens is 196 g/mol. The Kier molecular flexibility index (Phi) is 2.76. The van der Waals surface area contributed by atoms with Crippen molar-refractivity contribution in [3.63, 3.8) is 0 Å². The van der Waals surface area contributed by atoms with Crippen LogP contribution < -0.4 is 5.73 Å². The number of nitrogens with two attached hydrogens (primary N) is 1. The summed E-state index contributed by atoms with van der Waals surface area (Å²) >= 11 is 0. The third-order valence-corrected chi connectivity index (χ3v) is 4.15. The summed E-state index contributed by atoms with van der Waals surface area (Å²) in [5.74, 6) is 1.06. The highest BCUT2D eigenvalue weighted by Crippen LogP contribution is 2.34. The van der Waals surface area contributed by atoms with E-state index in [1.807, 2.05) is 0 Å². The van der Waals surface area contributed by atoms with E-state index in [4.69, 9.17) is 5.73 Å². The number of aryl methyl sites for hydroxylation is 1. The van der Waals surface area contributed by atoms with Gasteiger partial charge in [0.15, 0.2) is 0 Å². The molecule has 2 nitrogen and oxygen atoms in total. The highest BCUT2D eigenvalue weighted by Gasteiger charge is 2.22. The lowest BCUT2D eigenvalue weighted by Gasteiger charge is -2.21. The molecule has 1 aromatic rings. The summed E-state index contributed by atoms with van der Waals surface area (Å²) in [4.78, 5) is 0. The largest absolute Gasteiger partial charge is 0.351 e. The van der Waals surface area contributed by atoms with Gasteiger partial charge in [-0.15, -0.1) is 0 Å². The minimum Gasteiger partial charge on any atom is -0.351 e. The highest BCUT2D eigenvalue weighted by atomic mass is 15.0. The van der Waals surface area contributed by atoms with Crippen LogP contribution in [0.5, 0.6) is 0 Å². The number of hydrogen-bond donors (Lipinski definition) is 1. The van der Waals surface area contributed by atoms with Crippen LogP contribution in [-0.4, -0.2) is 4.57 Å². The molecular formula is C14H22N2. The standard InChI is InChI=1S/C14H22N2/c15-13-4-1-5-14-12(13)8-10-16(14)9-2-3-11-6-7-11/h8,10-11,13H,1-7,9,15H2. The molecule has 3 rings (SSSR count). The Labute approximate surface area is 97.8 Å². The summed E-state index contributed by atoms with van der Waals surface area (Å²) in [6.45, 7) is 1.21. The van der Waals surface area contributed by atoms with Gasteiger partial charge in [0.25, 0.3) is 0 Å². The van der Waals surface area contributed by atoms with E-state index in [1.54, 1.807) is 0 Å². The topological polar surface area (TPSA) is 30.9 Å². The lowest BCUT2D eigenvalue weighted by molar-refractivity contribution is 0.518. The Morgan fingerprint density at radius 3 is 3.00 bits per heavy atom. The van der Waals surface area contributed by atoms with E-state index in [2.05, 4.69) is 16.8 Å². The van der Waals surface area contributed by atoms with Gasteiger partial charge in [0.1, 0.15) is 0 Å². The molecule has 1 unspecified atom stereocenters. The van der Waals surface area contributed by atoms with Crippen molar-refractivity contribution >= 4 is 0 Å². The van der Waals surface area contributed by atoms with E-state index in [9.17, 15) is 0 Å². The fraction of sp³-hybridized carbons (Fsp3) is 0.714. The minimum atomic E-state index is 0.299. The van der Waals surface area contributed by atoms with Gasteiger partial charge in [-0.05, 0) is 49.7 Å². The van der Waals surface area contributed by atoms with Crippen molar-refractivity contribution in [2.24, 2.45) is 11.7 Å². The smallest absolute Gasteiger partial charge is 0.0312 e. The lowest BCUT2D eigenvalue weighted by atomic mass is 9.93. The maximum atomic E-state index is 6.13. The number of fused-ring (bicyclic) bond motifs is 1. The normalized spacial score (nSPS) is 24.4. The summed E-state index contributed by atoms with van der Waals surface area (Å²) in [6, 6.07) is 2.55. The SMILES string of the molecule is NC1CCCc2c1ccn2CCCC1CC1. The molecule has 0 aliphatic heterocycles. The van der Waals surface area contributed by atoms with E-state index >= 15 is 0 Å². The molecule has 2 aliphatic carbocycles. The quantitative estimate of drug-likeness (QED) is 0.827. The average molecular weight is 218 g/mol. The molecule has 16 heavy (non-hydrogen) atoms. The number of aromatic nitrogens is 1. The Hall–Kier alpha value is -0.760. The second-order valence-corrected chi connectivity index (χ2v) is 5.50. The van der Waals surface area contributed by atoms with Crippen molar-refractivity contribution in [1.82, 2.24) is 4.57 Å². The van der Waals surface area contributed by atoms with E-state index < -0.39 is 0 Å². The molecule has 2 aliphatic rings. The van der Waals surface area contributed by atoms with Crippen molar-refractivity contribution < 1.29 is 0 Å². The number of rotatable bonds is 4. The van der Waals surface area contributed by atoms with Gasteiger partial charge in [0, 0.05) is 24.5 Å². The summed E-state index contributed by atoms with van der Waals surface area (Å²) in [7, 11) is 0. The molecule has 1 fully saturated rings. The first-order valence-corrected chi connectivity index (χ1v) is 6.78. The van der Waals surface area contributed by atoms with E-state index in [-0.39, 0.29) is 0 Å². The molecule has 0 saturated heterocycles. The molecule has 88 valence electrons. The molecule has 0 bridgehead atoms. The predicted molar refractivity (Wildman–Crippen MR) is 66.3 cm³/mol. The van der Waals surface area contributed by atoms with Crippen LogP contribution in [0.25, 0.3) is 0 Å². The van der Waals surface area contributed by atoms with Gasteiger partial charge in [-0.1, -0.05) is 12.8 Å². The van der Waals surface area contributed by atoms with Crippen LogP contribution in [0.3, 0.4) is 0 Å². The second kappa shape index (κ2) is 4.25. The van der Waals surface area contributed by atoms with Crippen LogP contribution in [0.1, 0.15) is 55.8 Å². The number of hydrogen-bond acceptors (Lipinski definition) is 1. The van der Waals surface area contributed by atoms with Crippen molar-refractivity contribution in [3.8, 4) is 0 Å². The lowest BCUT2D eigenvalue weighted by Crippen LogP contribution is -2.18. The van der Waals surface area contributed by atoms with Crippen LogP contribution >= 0.6 is 0 Å². The van der Waals surface area contributed by atoms with Crippen LogP contribution in [0.15, 0.2) is 12.3 Å². The van der Waals surface area contributed by atoms with E-state index in [0.29, 0.717) is 6.04 Å². The van der Waals surface area contributed by atoms with Gasteiger partial charge < -0.3 is 10.3 Å². The van der Waals surface area contributed by atoms with Crippen molar-refractivity contribution in [2.75, 3.05) is 0 Å². The number of nitrogens with zero attached hydrogens (tertiary/aromatic N) is 1. The van der Waals surface area contributed by atoms with Gasteiger partial charge in [-0.2, -0.15) is 0 Å². The van der Waals surface area contributed by atoms with Gasteiger partial charge in [-0.3, -0.25) is 0 Å². The summed E-state index contributed by atoms with van der Waals surface area (Å²) in [5.41, 5.74) is 9.07. The zero-order chi connectivity index (χ0) is 11.0. The first-order valence-electron chi connectivity index (χ1n) is 6.78. The van der Waals surface area contributed by atoms with Crippen LogP contribution in [0, 0.1) is 5.92 Å². The minimum absolute atomic E-state index is 0.299. The molecule has 2 N–H and O–H groups in total. The Morgan fingerprint density at radius 1 is 1.31 bits per heavy atom. The van der Waals surface area contributed by atoms with Crippen LogP contribution in [0.2, 0.25) is 0 Å². The van der Waals surface area contributed by atoms with Crippen molar-refractivity contribution in [2.45, 2.75) is 57.5 Å². The zero-order valence-electron chi connectivity index (χ0n) is 9.99. The molecule has 1 heterocycles. The monoisotopic (exact) mass is 218 g/mol. The Morgan fingerprint density at radius 2 is 2.19 bits per heavy atom. The van der Waals surface area contributed by atoms with Gasteiger partial charge in [-0.25, -0.2) is 0 Å². The van der Waals surface area contributed by atoms with Crippen molar-refractivity contribution in [3.05, 3.63) is 23.5 Å². The molecule has 1 saturated carbocycles. The third kappa shape index (κ3) is 2.03. The maximum Gasteiger partial charge on any atom is 0.0312 e. The molecule has 0 radical (unpaired) electrons. The van der Waals surface area contributed by atoms with Gasteiger partial charge >= 0.3 is 0 Å². The van der Waals surface area contributed by atoms with E-state index in [0.717, 1.165) is 5.92 Å². The molecule has 2 heteroatoms. The second-order valence-electron chi connectivity index (χ2n) is 5.50. The third-order valence-electron chi connectivity index (χ3n) is 4.15. The summed E-state index contributed by atoms with van der Waals surface area (Å²) < 4.78 is 2.46. The molecule has 1 atom stereocenters. The highest BCUT2D eigenvalue weighted by molar-refractivity contribution is 5.28. The fourth-order valence-corrected chi connectivity index (χ4v) is 2.96. The van der Waals surface area contributed by atoms with Gasteiger partial charge in [0.2, 0.25) is 0 Å². The zero-order valence-corrected chi connectivity index (χ0v) is 9.99. The first-order chi connectivity index (χ1) is 7.84. The van der Waals surface area contributed by atoms with Crippen LogP contribution in [-0.2, 0) is 13.0 Å². The Balaban J connectivity index is 1.65. The van der Waals surface area contributed by atoms with Crippen LogP contribution in [0.4, 0.5) is 0 Å². The molecule has 0 spiro atoms. The molecule has 0 amide bonds. The average Bonchev–Trinajstić information content (AvgIpc) is 3.00. The molecule has 1 aromatic heterocycles. The Bertz CT molecular complexity index is 363. The van der Waals surface area contributed by atoms with Crippen molar-refractivity contribution in [1.29, 1.82) is 0 Å². The summed E-state index contributed by atoms with van der Waals surface area (Å²) in [6.07, 6.45) is 11.7. The fourth-order valence-electron chi connectivity index (χ4n) is 2.96. The first kappa shape index (κ1) is 10.4. The summed E-state index contributed by atoms with van der Waals surface area (Å²) in [5, 5.41) is 0. The predicted octanol–water partition coefficient (Wildman–Crippen LogP) is 3.01. The maximum absolute atomic E-state index is 6.13. The van der Waals surface area contributed by atoms with E-state index in [1.165, 1.54) is 62.7 Å². The molecule has 0 aromatic carbocycles. The van der Waals surface area contributed by atoms with Gasteiger partial charge in [0.05, 0.1) is 0 Å².